The van der Waals surface area contributed by atoms with Gasteiger partial charge < -0.3 is 19.6 Å². The molecular formula is C23H25BrN2O4. The summed E-state index contributed by atoms with van der Waals surface area (Å²) >= 11 is 3.42. The molecule has 1 fully saturated rings. The molecule has 6 nitrogen and oxygen atoms in total. The molecule has 1 amide bonds. The number of hydrogen-bond donors (Lipinski definition) is 1. The molecule has 1 aliphatic heterocycles. The first-order chi connectivity index (χ1) is 14.3. The Hall–Kier alpha value is -2.64. The van der Waals surface area contributed by atoms with Crippen LogP contribution in [-0.2, 0) is 9.59 Å². The lowest BCUT2D eigenvalue weighted by atomic mass is 9.95. The van der Waals surface area contributed by atoms with Crippen LogP contribution in [0, 0.1) is 0 Å². The smallest absolute Gasteiger partial charge is 0.295 e. The van der Waals surface area contributed by atoms with Gasteiger partial charge in [-0.1, -0.05) is 40.2 Å². The fourth-order valence-corrected chi connectivity index (χ4v) is 3.91. The van der Waals surface area contributed by atoms with Crippen molar-refractivity contribution in [3.63, 3.8) is 0 Å². The first-order valence-corrected chi connectivity index (χ1v) is 10.5. The Morgan fingerprint density at radius 1 is 1.13 bits per heavy atom. The van der Waals surface area contributed by atoms with Crippen LogP contribution in [0.5, 0.6) is 5.75 Å². The average molecular weight is 473 g/mol. The number of hydrogen-bond acceptors (Lipinski definition) is 5. The second-order valence-corrected chi connectivity index (χ2v) is 8.32. The molecule has 0 bridgehead atoms. The van der Waals surface area contributed by atoms with Gasteiger partial charge >= 0.3 is 0 Å². The van der Waals surface area contributed by atoms with Crippen LogP contribution in [0.3, 0.4) is 0 Å². The minimum Gasteiger partial charge on any atom is -0.507 e. The van der Waals surface area contributed by atoms with Crippen molar-refractivity contribution in [1.82, 2.24) is 9.80 Å². The predicted molar refractivity (Wildman–Crippen MR) is 119 cm³/mol. The van der Waals surface area contributed by atoms with E-state index in [4.69, 9.17) is 4.74 Å². The number of ether oxygens (including phenoxy) is 1. The number of carbonyl (C=O) groups is 2. The zero-order valence-electron chi connectivity index (χ0n) is 17.3. The number of halogens is 1. The summed E-state index contributed by atoms with van der Waals surface area (Å²) in [5.74, 6) is -1.08. The summed E-state index contributed by atoms with van der Waals surface area (Å²) in [7, 11) is 5.42. The number of nitrogens with zero attached hydrogens (tertiary/aromatic N) is 2. The number of amides is 1. The second-order valence-electron chi connectivity index (χ2n) is 7.40. The van der Waals surface area contributed by atoms with Crippen LogP contribution >= 0.6 is 15.9 Å². The molecule has 1 atom stereocenters. The van der Waals surface area contributed by atoms with E-state index in [1.54, 1.807) is 29.2 Å². The topological polar surface area (TPSA) is 70.1 Å². The van der Waals surface area contributed by atoms with Gasteiger partial charge in [-0.25, -0.2) is 0 Å². The van der Waals surface area contributed by atoms with E-state index in [-0.39, 0.29) is 11.3 Å². The number of carbonyl (C=O) groups excluding carboxylic acids is 2. The molecule has 1 heterocycles. The molecule has 158 valence electrons. The SMILES string of the molecule is COc1ccccc1/C(O)=C1\C(=O)C(=O)N(CCCN(C)C)C1c1ccc(Br)cc1. The van der Waals surface area contributed by atoms with Crippen molar-refractivity contribution in [2.75, 3.05) is 34.3 Å². The van der Waals surface area contributed by atoms with Crippen molar-refractivity contribution in [3.8, 4) is 5.75 Å². The van der Waals surface area contributed by atoms with Crippen LogP contribution in [0.15, 0.2) is 58.6 Å². The average Bonchev–Trinajstić information content (AvgIpc) is 2.98. The minimum atomic E-state index is -0.684. The lowest BCUT2D eigenvalue weighted by Crippen LogP contribution is -2.32. The van der Waals surface area contributed by atoms with Crippen molar-refractivity contribution in [3.05, 3.63) is 69.7 Å². The maximum Gasteiger partial charge on any atom is 0.295 e. The second kappa shape index (κ2) is 9.45. The molecule has 7 heteroatoms. The highest BCUT2D eigenvalue weighted by Crippen LogP contribution is 2.41. The lowest BCUT2D eigenvalue weighted by molar-refractivity contribution is -0.139. The monoisotopic (exact) mass is 472 g/mol. The Kier molecular flexibility index (Phi) is 6.95. The number of ketones is 1. The summed E-state index contributed by atoms with van der Waals surface area (Å²) in [5.41, 5.74) is 1.23. The number of aliphatic hydroxyl groups is 1. The Morgan fingerprint density at radius 2 is 1.80 bits per heavy atom. The summed E-state index contributed by atoms with van der Waals surface area (Å²) in [6.07, 6.45) is 0.710. The number of methoxy groups -OCH3 is 1. The largest absolute Gasteiger partial charge is 0.507 e. The van der Waals surface area contributed by atoms with E-state index < -0.39 is 17.7 Å². The molecule has 1 N–H and O–H groups in total. The van der Waals surface area contributed by atoms with Gasteiger partial charge in [0.2, 0.25) is 0 Å². The zero-order chi connectivity index (χ0) is 21.8. The molecular weight excluding hydrogens is 448 g/mol. The highest BCUT2D eigenvalue weighted by molar-refractivity contribution is 9.10. The van der Waals surface area contributed by atoms with Crippen molar-refractivity contribution in [1.29, 1.82) is 0 Å². The lowest BCUT2D eigenvalue weighted by Gasteiger charge is -2.26. The Labute approximate surface area is 184 Å². The van der Waals surface area contributed by atoms with Gasteiger partial charge in [0.25, 0.3) is 11.7 Å². The molecule has 0 radical (unpaired) electrons. The van der Waals surface area contributed by atoms with Gasteiger partial charge in [-0.05, 0) is 56.9 Å². The van der Waals surface area contributed by atoms with Crippen molar-refractivity contribution < 1.29 is 19.4 Å². The van der Waals surface area contributed by atoms with E-state index in [9.17, 15) is 14.7 Å². The Morgan fingerprint density at radius 3 is 2.43 bits per heavy atom. The van der Waals surface area contributed by atoms with Gasteiger partial charge in [0.05, 0.1) is 24.3 Å². The van der Waals surface area contributed by atoms with E-state index in [0.29, 0.717) is 24.3 Å². The van der Waals surface area contributed by atoms with Crippen LogP contribution in [-0.4, -0.2) is 60.9 Å². The van der Waals surface area contributed by atoms with Crippen molar-refractivity contribution >= 4 is 33.4 Å². The van der Waals surface area contributed by atoms with E-state index in [0.717, 1.165) is 16.6 Å². The van der Waals surface area contributed by atoms with E-state index in [1.807, 2.05) is 43.3 Å². The van der Waals surface area contributed by atoms with Crippen LogP contribution in [0.4, 0.5) is 0 Å². The van der Waals surface area contributed by atoms with Gasteiger partial charge in [0.15, 0.2) is 0 Å². The van der Waals surface area contributed by atoms with Gasteiger partial charge in [0, 0.05) is 11.0 Å². The van der Waals surface area contributed by atoms with Gasteiger partial charge in [-0.2, -0.15) is 0 Å². The summed E-state index contributed by atoms with van der Waals surface area (Å²) in [4.78, 5) is 29.5. The third kappa shape index (κ3) is 4.42. The maximum atomic E-state index is 13.0. The standard InChI is InChI=1S/C23H25BrN2O4/c1-25(2)13-6-14-26-20(15-9-11-16(24)12-10-15)19(22(28)23(26)29)21(27)17-7-4-5-8-18(17)30-3/h4-5,7-12,20,27H,6,13-14H2,1-3H3/b21-19+. The molecule has 0 saturated carbocycles. The first kappa shape index (κ1) is 22.1. The Bertz CT molecular complexity index is 969. The molecule has 0 aromatic heterocycles. The van der Waals surface area contributed by atoms with E-state index in [1.165, 1.54) is 7.11 Å². The minimum absolute atomic E-state index is 0.0803. The molecule has 1 saturated heterocycles. The molecule has 1 aliphatic rings. The summed E-state index contributed by atoms with van der Waals surface area (Å²) in [6, 6.07) is 13.7. The van der Waals surface area contributed by atoms with E-state index >= 15 is 0 Å². The van der Waals surface area contributed by atoms with Crippen molar-refractivity contribution in [2.45, 2.75) is 12.5 Å². The molecule has 0 aliphatic carbocycles. The highest BCUT2D eigenvalue weighted by atomic mass is 79.9. The number of benzene rings is 2. The molecule has 30 heavy (non-hydrogen) atoms. The van der Waals surface area contributed by atoms with Crippen molar-refractivity contribution in [2.24, 2.45) is 0 Å². The fourth-order valence-electron chi connectivity index (χ4n) is 3.64. The third-order valence-electron chi connectivity index (χ3n) is 5.09. The Balaban J connectivity index is 2.12. The zero-order valence-corrected chi connectivity index (χ0v) is 18.8. The molecule has 0 spiro atoms. The summed E-state index contributed by atoms with van der Waals surface area (Å²) in [6.45, 7) is 1.19. The van der Waals surface area contributed by atoms with Crippen LogP contribution in [0.2, 0.25) is 0 Å². The first-order valence-electron chi connectivity index (χ1n) is 9.67. The maximum absolute atomic E-state index is 13.0. The quantitative estimate of drug-likeness (QED) is 0.376. The van der Waals surface area contributed by atoms with Gasteiger partial charge in [-0.3, -0.25) is 9.59 Å². The van der Waals surface area contributed by atoms with Gasteiger partial charge in [0.1, 0.15) is 11.5 Å². The van der Waals surface area contributed by atoms with E-state index in [2.05, 4.69) is 15.9 Å². The normalized spacial score (nSPS) is 18.3. The number of aliphatic hydroxyl groups excluding tert-OH is 1. The number of para-hydroxylation sites is 1. The van der Waals surface area contributed by atoms with Crippen LogP contribution in [0.25, 0.3) is 5.76 Å². The molecule has 2 aromatic rings. The summed E-state index contributed by atoms with van der Waals surface area (Å²) < 4.78 is 6.24. The molecule has 3 rings (SSSR count). The third-order valence-corrected chi connectivity index (χ3v) is 5.62. The number of Topliss-reactive ketones (excluding diaryl/α,β-unsaturated/α-hetero) is 1. The number of rotatable bonds is 7. The predicted octanol–water partition coefficient (Wildman–Crippen LogP) is 3.83. The van der Waals surface area contributed by atoms with Gasteiger partial charge in [-0.15, -0.1) is 0 Å². The fraction of sp³-hybridized carbons (Fsp3) is 0.304. The highest BCUT2D eigenvalue weighted by Gasteiger charge is 2.46. The molecule has 1 unspecified atom stereocenters. The molecule has 2 aromatic carbocycles. The van der Waals surface area contributed by atoms with Crippen LogP contribution < -0.4 is 4.74 Å². The number of likely N-dealkylation sites (tertiary alicyclic amines) is 1. The van der Waals surface area contributed by atoms with Crippen LogP contribution in [0.1, 0.15) is 23.6 Å². The summed E-state index contributed by atoms with van der Waals surface area (Å²) in [5, 5.41) is 11.1.